The number of halogens is 1. The van der Waals surface area contributed by atoms with Gasteiger partial charge < -0.3 is 5.32 Å². The van der Waals surface area contributed by atoms with Crippen molar-refractivity contribution < 1.29 is 8.68 Å². The van der Waals surface area contributed by atoms with Gasteiger partial charge in [-0.1, -0.05) is 60.7 Å². The summed E-state index contributed by atoms with van der Waals surface area (Å²) < 4.78 is 12.4. The zero-order valence-electron chi connectivity index (χ0n) is 14.1. The van der Waals surface area contributed by atoms with Gasteiger partial charge in [-0.05, 0) is 29.7 Å². The fourth-order valence-corrected chi connectivity index (χ4v) is 3.10. The molecular weight excluding hydrogens is 347 g/mol. The first kappa shape index (κ1) is 18.1. The van der Waals surface area contributed by atoms with Crippen LogP contribution in [0, 0.1) is 0 Å². The van der Waals surface area contributed by atoms with Crippen LogP contribution in [0.5, 0.6) is 0 Å². The van der Waals surface area contributed by atoms with Gasteiger partial charge in [-0.3, -0.25) is 4.79 Å². The van der Waals surface area contributed by atoms with Crippen molar-refractivity contribution in [1.29, 1.82) is 0 Å². The van der Waals surface area contributed by atoms with Crippen molar-refractivity contribution in [3.05, 3.63) is 95.7 Å². The molecule has 132 valence electrons. The summed E-state index contributed by atoms with van der Waals surface area (Å²) in [5.41, 5.74) is 2.87. The zero-order valence-corrected chi connectivity index (χ0v) is 15.0. The van der Waals surface area contributed by atoms with E-state index in [0.717, 1.165) is 6.42 Å². The van der Waals surface area contributed by atoms with Crippen LogP contribution in [-0.2, 0) is 0 Å². The number of carbonyl (C=O) groups is 1. The molecule has 0 unspecified atom stereocenters. The van der Waals surface area contributed by atoms with Crippen molar-refractivity contribution in [3.8, 4) is 0 Å². The van der Waals surface area contributed by atoms with Gasteiger partial charge in [0.05, 0.1) is 5.56 Å². The van der Waals surface area contributed by atoms with Crippen molar-refractivity contribution in [2.45, 2.75) is 17.4 Å². The van der Waals surface area contributed by atoms with Crippen molar-refractivity contribution in [3.63, 3.8) is 0 Å². The SMILES string of the molecule is O=C(NCCC(c1ccccc1)c1ccccc1)c1ccc(SF)nc1. The molecule has 1 aromatic heterocycles. The summed E-state index contributed by atoms with van der Waals surface area (Å²) in [4.78, 5) is 16.1. The number of nitrogens with one attached hydrogen (secondary N) is 1. The van der Waals surface area contributed by atoms with E-state index in [2.05, 4.69) is 34.6 Å². The quantitative estimate of drug-likeness (QED) is 0.639. The molecule has 3 nitrogen and oxygen atoms in total. The summed E-state index contributed by atoms with van der Waals surface area (Å²) in [5, 5.41) is 3.17. The summed E-state index contributed by atoms with van der Waals surface area (Å²) in [7, 11) is 0. The fraction of sp³-hybridized carbons (Fsp3) is 0.143. The minimum absolute atomic E-state index is 0.0634. The monoisotopic (exact) mass is 366 g/mol. The first-order valence-electron chi connectivity index (χ1n) is 8.40. The minimum atomic E-state index is -0.201. The van der Waals surface area contributed by atoms with E-state index in [-0.39, 0.29) is 29.0 Å². The summed E-state index contributed by atoms with van der Waals surface area (Å²) in [6, 6.07) is 23.6. The standard InChI is InChI=1S/C21H19FN2OS/c22-26-20-12-11-18(15-24-20)21(25)23-14-13-19(16-7-3-1-4-8-16)17-9-5-2-6-10-17/h1-12,15,19H,13-14H2,(H,23,25). The molecule has 26 heavy (non-hydrogen) atoms. The van der Waals surface area contributed by atoms with E-state index in [1.54, 1.807) is 6.07 Å². The van der Waals surface area contributed by atoms with Crippen LogP contribution in [0.4, 0.5) is 3.89 Å². The Bertz CT molecular complexity index is 786. The Balaban J connectivity index is 1.65. The Kier molecular flexibility index (Phi) is 6.39. The number of aromatic nitrogens is 1. The number of rotatable bonds is 7. The van der Waals surface area contributed by atoms with Crippen LogP contribution in [0.25, 0.3) is 0 Å². The molecule has 1 amide bonds. The highest BCUT2D eigenvalue weighted by atomic mass is 32.2. The summed E-state index contributed by atoms with van der Waals surface area (Å²) in [6.07, 6.45) is 2.18. The summed E-state index contributed by atoms with van der Waals surface area (Å²) in [5.74, 6) is 0.00826. The van der Waals surface area contributed by atoms with Crippen molar-refractivity contribution in [2.75, 3.05) is 6.54 Å². The van der Waals surface area contributed by atoms with Crippen LogP contribution in [-0.4, -0.2) is 17.4 Å². The molecule has 5 heteroatoms. The third-order valence-electron chi connectivity index (χ3n) is 4.20. The molecule has 2 aromatic carbocycles. The largest absolute Gasteiger partial charge is 0.352 e. The van der Waals surface area contributed by atoms with Gasteiger partial charge in [0.15, 0.2) is 0 Å². The van der Waals surface area contributed by atoms with E-state index in [0.29, 0.717) is 12.1 Å². The van der Waals surface area contributed by atoms with Crippen LogP contribution >= 0.6 is 12.1 Å². The van der Waals surface area contributed by atoms with Gasteiger partial charge in [-0.15, -0.1) is 0 Å². The maximum absolute atomic E-state index is 12.4. The zero-order chi connectivity index (χ0) is 18.2. The highest BCUT2D eigenvalue weighted by Gasteiger charge is 2.14. The molecule has 1 N–H and O–H groups in total. The van der Waals surface area contributed by atoms with E-state index >= 15 is 0 Å². The van der Waals surface area contributed by atoms with Crippen molar-refractivity contribution >= 4 is 18.1 Å². The predicted molar refractivity (Wildman–Crippen MR) is 103 cm³/mol. The molecule has 0 bridgehead atoms. The van der Waals surface area contributed by atoms with E-state index < -0.39 is 0 Å². The van der Waals surface area contributed by atoms with Gasteiger partial charge >= 0.3 is 0 Å². The number of pyridine rings is 1. The fourth-order valence-electron chi connectivity index (χ4n) is 2.89. The second kappa shape index (κ2) is 9.15. The Labute approximate surface area is 157 Å². The van der Waals surface area contributed by atoms with Gasteiger partial charge in [-0.25, -0.2) is 4.98 Å². The van der Waals surface area contributed by atoms with Gasteiger partial charge in [0.1, 0.15) is 17.2 Å². The number of carbonyl (C=O) groups excluding carboxylic acids is 1. The molecule has 0 aliphatic heterocycles. The maximum atomic E-state index is 12.4. The number of nitrogens with zero attached hydrogens (tertiary/aromatic N) is 1. The molecule has 0 saturated heterocycles. The van der Waals surface area contributed by atoms with Crippen molar-refractivity contribution in [2.24, 2.45) is 0 Å². The van der Waals surface area contributed by atoms with Gasteiger partial charge in [0, 0.05) is 18.7 Å². The van der Waals surface area contributed by atoms with E-state index in [1.165, 1.54) is 23.4 Å². The van der Waals surface area contributed by atoms with Gasteiger partial charge in [-0.2, -0.15) is 3.89 Å². The molecule has 0 atom stereocenters. The lowest BCUT2D eigenvalue weighted by atomic mass is 9.88. The lowest BCUT2D eigenvalue weighted by Crippen LogP contribution is -2.26. The highest BCUT2D eigenvalue weighted by Crippen LogP contribution is 2.27. The van der Waals surface area contributed by atoms with E-state index in [4.69, 9.17) is 0 Å². The van der Waals surface area contributed by atoms with Gasteiger partial charge in [0.25, 0.3) is 5.91 Å². The van der Waals surface area contributed by atoms with Crippen LogP contribution < -0.4 is 5.32 Å². The molecule has 0 fully saturated rings. The molecule has 0 saturated carbocycles. The smallest absolute Gasteiger partial charge is 0.252 e. The van der Waals surface area contributed by atoms with Crippen LogP contribution in [0.15, 0.2) is 84.0 Å². The van der Waals surface area contributed by atoms with Crippen LogP contribution in [0.2, 0.25) is 0 Å². The lowest BCUT2D eigenvalue weighted by Gasteiger charge is -2.18. The molecule has 0 radical (unpaired) electrons. The minimum Gasteiger partial charge on any atom is -0.352 e. The van der Waals surface area contributed by atoms with Crippen LogP contribution in [0.1, 0.15) is 33.8 Å². The summed E-state index contributed by atoms with van der Waals surface area (Å²) in [6.45, 7) is 0.535. The maximum Gasteiger partial charge on any atom is 0.252 e. The molecule has 1 heterocycles. The second-order valence-corrected chi connectivity index (χ2v) is 6.45. The first-order chi connectivity index (χ1) is 12.8. The molecular formula is C21H19FN2OS. The number of hydrogen-bond acceptors (Lipinski definition) is 3. The lowest BCUT2D eigenvalue weighted by molar-refractivity contribution is 0.0952. The number of amides is 1. The number of hydrogen-bond donors (Lipinski definition) is 1. The van der Waals surface area contributed by atoms with Gasteiger partial charge in [0.2, 0.25) is 0 Å². The first-order valence-corrected chi connectivity index (χ1v) is 9.12. The Hall–Kier alpha value is -2.66. The topological polar surface area (TPSA) is 42.0 Å². The van der Waals surface area contributed by atoms with Crippen LogP contribution in [0.3, 0.4) is 0 Å². The molecule has 0 spiro atoms. The Morgan fingerprint density at radius 1 is 0.962 bits per heavy atom. The average molecular weight is 366 g/mol. The molecule has 3 aromatic rings. The Morgan fingerprint density at radius 3 is 2.08 bits per heavy atom. The second-order valence-electron chi connectivity index (χ2n) is 5.88. The highest BCUT2D eigenvalue weighted by molar-refractivity contribution is 7.94. The Morgan fingerprint density at radius 2 is 1.58 bits per heavy atom. The number of benzene rings is 2. The molecule has 0 aliphatic carbocycles. The molecule has 0 aliphatic rings. The van der Waals surface area contributed by atoms with E-state index in [1.807, 2.05) is 36.4 Å². The normalized spacial score (nSPS) is 10.7. The van der Waals surface area contributed by atoms with Crippen molar-refractivity contribution in [1.82, 2.24) is 10.3 Å². The predicted octanol–water partition coefficient (Wildman–Crippen LogP) is 5.01. The third-order valence-corrected chi connectivity index (χ3v) is 4.60. The molecule has 3 rings (SSSR count). The summed E-state index contributed by atoms with van der Waals surface area (Å²) >= 11 is 0.0634. The third kappa shape index (κ3) is 4.70. The average Bonchev–Trinajstić information content (AvgIpc) is 2.72. The van der Waals surface area contributed by atoms with E-state index in [9.17, 15) is 8.68 Å².